The lowest BCUT2D eigenvalue weighted by Gasteiger charge is -2.69. The minimum atomic E-state index is 0.287. The van der Waals surface area contributed by atoms with Gasteiger partial charge in [0.2, 0.25) is 0 Å². The van der Waals surface area contributed by atoms with E-state index in [-0.39, 0.29) is 5.54 Å². The fraction of sp³-hybridized carbons (Fsp3) is 0.580. The molecule has 464 valence electrons. The second-order valence-electron chi connectivity index (χ2n) is 31.4. The van der Waals surface area contributed by atoms with Crippen LogP contribution >= 0.6 is 11.3 Å². The van der Waals surface area contributed by atoms with Gasteiger partial charge >= 0.3 is 0 Å². The first kappa shape index (κ1) is 61.3. The Bertz CT molecular complexity index is 3440. The van der Waals surface area contributed by atoms with E-state index >= 15 is 0 Å². The van der Waals surface area contributed by atoms with Gasteiger partial charge in [0.1, 0.15) is 0 Å². The predicted molar refractivity (Wildman–Crippen MR) is 369 cm³/mol. The fourth-order valence-electron chi connectivity index (χ4n) is 22.3. The van der Waals surface area contributed by atoms with Crippen LogP contribution in [0.1, 0.15) is 205 Å². The number of anilines is 1. The highest BCUT2D eigenvalue weighted by Crippen LogP contribution is 2.68. The number of rotatable bonds is 5. The number of aryl methyl sites for hydroxylation is 5. The molecule has 87 heavy (non-hydrogen) atoms. The van der Waals surface area contributed by atoms with Crippen molar-refractivity contribution in [2.45, 2.75) is 232 Å². The lowest BCUT2D eigenvalue weighted by molar-refractivity contribution is 0.0594. The van der Waals surface area contributed by atoms with Gasteiger partial charge in [-0.15, -0.1) is 11.3 Å². The van der Waals surface area contributed by atoms with Gasteiger partial charge in [0.05, 0.1) is 5.54 Å². The fourth-order valence-corrected chi connectivity index (χ4v) is 23.5. The van der Waals surface area contributed by atoms with Gasteiger partial charge < -0.3 is 4.90 Å². The molecule has 5 nitrogen and oxygen atoms in total. The van der Waals surface area contributed by atoms with E-state index in [4.69, 9.17) is 0 Å². The number of para-hydroxylation sites is 1. The Labute approximate surface area is 531 Å². The van der Waals surface area contributed by atoms with Crippen LogP contribution in [-0.2, 0) is 11.0 Å². The Morgan fingerprint density at radius 1 is 0.471 bits per heavy atom. The second kappa shape index (κ2) is 23.0. The first-order valence-electron chi connectivity index (χ1n) is 34.7. The average Bonchev–Trinajstić information content (AvgIpc) is 1.69. The van der Waals surface area contributed by atoms with Gasteiger partial charge in [0, 0.05) is 101 Å². The Morgan fingerprint density at radius 2 is 1.02 bits per heavy atom. The van der Waals surface area contributed by atoms with Crippen LogP contribution in [0.4, 0.5) is 5.69 Å². The number of thiophene rings is 1. The van der Waals surface area contributed by atoms with E-state index in [1.54, 1.807) is 32.7 Å². The maximum atomic E-state index is 2.80. The van der Waals surface area contributed by atoms with Crippen molar-refractivity contribution in [2.24, 2.45) is 28.6 Å². The molecule has 10 bridgehead atoms. The van der Waals surface area contributed by atoms with Gasteiger partial charge in [-0.2, -0.15) is 0 Å². The smallest absolute Gasteiger partial charge is 0.0753 e. The molecule has 12 heterocycles. The van der Waals surface area contributed by atoms with Crippen LogP contribution in [0.3, 0.4) is 0 Å². The van der Waals surface area contributed by atoms with E-state index in [1.165, 1.54) is 118 Å². The quantitative estimate of drug-likeness (QED) is 0.170. The molecule has 0 radical (unpaired) electrons. The van der Waals surface area contributed by atoms with Gasteiger partial charge in [-0.05, 0) is 256 Å². The molecule has 3 aliphatic carbocycles. The average molecular weight is 1180 g/mol. The van der Waals surface area contributed by atoms with Crippen molar-refractivity contribution in [1.29, 1.82) is 0 Å². The third kappa shape index (κ3) is 9.68. The molecule has 1 aromatic heterocycles. The Morgan fingerprint density at radius 3 is 1.54 bits per heavy atom. The van der Waals surface area contributed by atoms with E-state index in [0.717, 1.165) is 53.6 Å². The van der Waals surface area contributed by atoms with E-state index < -0.39 is 0 Å². The second-order valence-corrected chi connectivity index (χ2v) is 32.4. The monoisotopic (exact) mass is 1180 g/mol. The molecular formula is C81H109N5S. The summed E-state index contributed by atoms with van der Waals surface area (Å²) in [5.74, 6) is 5.50. The number of benzene rings is 5. The first-order valence-corrected chi connectivity index (χ1v) is 35.6. The van der Waals surface area contributed by atoms with E-state index in [1.807, 2.05) is 11.3 Å². The number of nitrogens with zero attached hydrogens (tertiary/aromatic N) is 5. The molecule has 20 rings (SSSR count). The first-order chi connectivity index (χ1) is 41.6. The van der Waals surface area contributed by atoms with E-state index in [0.29, 0.717) is 45.8 Å². The molecule has 0 spiro atoms. The molecule has 6 heteroatoms. The molecule has 19 unspecified atom stereocenters. The predicted octanol–water partition coefficient (Wildman–Crippen LogP) is 18.4. The van der Waals surface area contributed by atoms with E-state index in [9.17, 15) is 0 Å². The van der Waals surface area contributed by atoms with Crippen molar-refractivity contribution in [3.63, 3.8) is 0 Å². The van der Waals surface area contributed by atoms with Gasteiger partial charge in [-0.1, -0.05) is 136 Å². The van der Waals surface area contributed by atoms with Crippen LogP contribution in [0.25, 0.3) is 0 Å². The minimum absolute atomic E-state index is 0.287. The Kier molecular flexibility index (Phi) is 16.2. The number of hydrogen-bond donors (Lipinski definition) is 0. The zero-order valence-electron chi connectivity index (χ0n) is 56.5. The highest BCUT2D eigenvalue weighted by atomic mass is 32.1. The molecule has 14 aliphatic rings. The van der Waals surface area contributed by atoms with Crippen LogP contribution in [0.5, 0.6) is 0 Å². The Hall–Kier alpha value is -4.56. The normalized spacial score (nSPS) is 40.2. The molecule has 10 saturated heterocycles. The zero-order valence-corrected chi connectivity index (χ0v) is 57.4. The molecule has 1 saturated carbocycles. The topological polar surface area (TPSA) is 16.2 Å². The lowest BCUT2D eigenvalue weighted by atomic mass is 9.49. The number of piperidine rings is 6. The van der Waals surface area contributed by atoms with Crippen molar-refractivity contribution in [3.05, 3.63) is 193 Å². The van der Waals surface area contributed by atoms with Crippen LogP contribution in [0, 0.1) is 63.2 Å². The summed E-state index contributed by atoms with van der Waals surface area (Å²) in [7, 11) is 0. The molecule has 5 aromatic carbocycles. The summed E-state index contributed by atoms with van der Waals surface area (Å²) >= 11 is 2.00. The molecule has 19 atom stereocenters. The van der Waals surface area contributed by atoms with Crippen molar-refractivity contribution in [2.75, 3.05) is 44.2 Å². The summed E-state index contributed by atoms with van der Waals surface area (Å²) in [6, 6.07) is 51.4. The Balaban J connectivity index is 0.000000101. The number of fused-ring (bicyclic) bond motifs is 8. The standard InChI is InChI=1S/C19H21NS.C17H25N.C16H23N.C15H21N.C14H19N/c1-13-5-3-4-6-16(13)20-14(2)18-8-10-19(20,11-9-18)17-15(18)7-12-21-17;1-11-8-6-7-9-15(11)16-14(4)18-10-17(16,5)12(2)13(18)3;1-11-7-5-6-8-13(11)15-12(2)17-10-9-14(15)16(17,3)4;1-11-6-4-5-7-13(11)14-12(2)16-9-8-15(14,3)10-16;1-10-5-3-4-6-13(10)14-11(2)15-8-7-12(14)9-15/h3-7,12,14H,8-11H2,1-2H3;6-9,12-14,16H,10H2,1-5H3;5-8,12,14-15H,9-10H2,1-4H3;4-7,12,14H,8-10H2,1-3H3;3-6,11-12,14H,7-9H2,1-2H3. The molecule has 6 aromatic rings. The van der Waals surface area contributed by atoms with Crippen molar-refractivity contribution in [1.82, 2.24) is 19.6 Å². The molecule has 0 amide bonds. The SMILES string of the molecule is Cc1ccccc1C1C(C)N2CC1(C)C(C)C2C.Cc1ccccc1C1C(C)N2CCC1(C)C2.Cc1ccccc1C1C(C)N2CCC1C2(C)C.Cc1ccccc1C1C2CCN(C2)C1C.Cc1ccccc1N1C(C)C23CCC1(CC2)c1sccc13. The molecule has 11 fully saturated rings. The summed E-state index contributed by atoms with van der Waals surface area (Å²) in [6.07, 6.45) is 9.62. The highest BCUT2D eigenvalue weighted by molar-refractivity contribution is 7.10. The maximum absolute atomic E-state index is 2.80. The highest BCUT2D eigenvalue weighted by Gasteiger charge is 2.66. The van der Waals surface area contributed by atoms with Crippen molar-refractivity contribution in [3.8, 4) is 0 Å². The van der Waals surface area contributed by atoms with Gasteiger partial charge in [-0.25, -0.2) is 0 Å². The van der Waals surface area contributed by atoms with Crippen LogP contribution in [0.2, 0.25) is 0 Å². The van der Waals surface area contributed by atoms with Gasteiger partial charge in [0.15, 0.2) is 0 Å². The van der Waals surface area contributed by atoms with Gasteiger partial charge in [0.25, 0.3) is 0 Å². The van der Waals surface area contributed by atoms with Crippen LogP contribution in [-0.4, -0.2) is 101 Å². The summed E-state index contributed by atoms with van der Waals surface area (Å²) < 4.78 is 0. The molecule has 0 N–H and O–H groups in total. The molecule has 11 aliphatic heterocycles. The summed E-state index contributed by atoms with van der Waals surface area (Å²) in [6.45, 7) is 45.9. The van der Waals surface area contributed by atoms with Crippen LogP contribution < -0.4 is 4.90 Å². The molecular weight excluding hydrogens is 1070 g/mol. The van der Waals surface area contributed by atoms with E-state index in [2.05, 4.69) is 268 Å². The number of hydrogen-bond acceptors (Lipinski definition) is 6. The summed E-state index contributed by atoms with van der Waals surface area (Å²) in [4.78, 5) is 15.2. The third-order valence-corrected chi connectivity index (χ3v) is 28.4. The summed E-state index contributed by atoms with van der Waals surface area (Å²) in [5.41, 5.74) is 18.9. The zero-order chi connectivity index (χ0) is 61.3. The largest absolute Gasteiger partial charge is 0.357 e. The van der Waals surface area contributed by atoms with Crippen LogP contribution in [0.15, 0.2) is 133 Å². The summed E-state index contributed by atoms with van der Waals surface area (Å²) in [5, 5.41) is 2.33. The lowest BCUT2D eigenvalue weighted by Crippen LogP contribution is -2.71. The van der Waals surface area contributed by atoms with Gasteiger partial charge in [-0.3, -0.25) is 19.6 Å². The maximum Gasteiger partial charge on any atom is 0.0753 e. The van der Waals surface area contributed by atoms with Crippen molar-refractivity contribution < 1.29 is 0 Å². The third-order valence-electron chi connectivity index (χ3n) is 27.3. The minimum Gasteiger partial charge on any atom is -0.357 e. The van der Waals surface area contributed by atoms with Crippen molar-refractivity contribution >= 4 is 17.0 Å².